The van der Waals surface area contributed by atoms with Gasteiger partial charge in [-0.3, -0.25) is 4.79 Å². The molecule has 1 amide bonds. The molecule has 0 aromatic heterocycles. The Bertz CT molecular complexity index is 745. The average Bonchev–Trinajstić information content (AvgIpc) is 2.59. The van der Waals surface area contributed by atoms with Gasteiger partial charge in [-0.15, -0.1) is 0 Å². The molecule has 0 fully saturated rings. The maximum Gasteiger partial charge on any atom is 0.271 e. The molecule has 7 heteroatoms. The lowest BCUT2D eigenvalue weighted by Gasteiger charge is -2.08. The van der Waals surface area contributed by atoms with Crippen LogP contribution in [0.3, 0.4) is 0 Å². The number of hydrogen-bond acceptors (Lipinski definition) is 5. The molecule has 0 aliphatic rings. The van der Waals surface area contributed by atoms with E-state index >= 15 is 0 Å². The van der Waals surface area contributed by atoms with Crippen molar-refractivity contribution >= 4 is 34.7 Å². The zero-order valence-corrected chi connectivity index (χ0v) is 15.4. The van der Waals surface area contributed by atoms with Crippen molar-refractivity contribution in [3.63, 3.8) is 0 Å². The van der Waals surface area contributed by atoms with Gasteiger partial charge in [0, 0.05) is 5.56 Å². The molecule has 126 valence electrons. The number of aromatic hydroxyl groups is 1. The molecule has 0 bridgehead atoms. The Morgan fingerprint density at radius 2 is 2.04 bits per heavy atom. The Balaban J connectivity index is 2.06. The maximum absolute atomic E-state index is 12.0. The van der Waals surface area contributed by atoms with Crippen LogP contribution in [0.25, 0.3) is 0 Å². The number of carbonyl (C=O) groups is 1. The Hall–Kier alpha value is -2.29. The summed E-state index contributed by atoms with van der Waals surface area (Å²) in [4.78, 5) is 12.0. The van der Waals surface area contributed by atoms with Crippen LogP contribution in [0.5, 0.6) is 17.2 Å². The second kappa shape index (κ2) is 8.53. The zero-order chi connectivity index (χ0) is 17.5. The molecular formula is C17H17IN2O4. The van der Waals surface area contributed by atoms with Gasteiger partial charge in [-0.25, -0.2) is 5.43 Å². The van der Waals surface area contributed by atoms with Gasteiger partial charge in [-0.05, 0) is 71.5 Å². The lowest BCUT2D eigenvalue weighted by Crippen LogP contribution is -2.17. The van der Waals surface area contributed by atoms with Crippen molar-refractivity contribution in [3.05, 3.63) is 51.1 Å². The molecule has 0 saturated heterocycles. The summed E-state index contributed by atoms with van der Waals surface area (Å²) in [6, 6.07) is 10.1. The van der Waals surface area contributed by atoms with Crippen molar-refractivity contribution in [3.8, 4) is 17.2 Å². The van der Waals surface area contributed by atoms with Gasteiger partial charge >= 0.3 is 0 Å². The number of amides is 1. The largest absolute Gasteiger partial charge is 0.504 e. The smallest absolute Gasteiger partial charge is 0.271 e. The first-order chi connectivity index (χ1) is 11.5. The van der Waals surface area contributed by atoms with Crippen LogP contribution >= 0.6 is 22.6 Å². The van der Waals surface area contributed by atoms with Gasteiger partial charge in [0.05, 0.1) is 23.5 Å². The van der Waals surface area contributed by atoms with E-state index in [1.54, 1.807) is 43.5 Å². The molecule has 0 aliphatic heterocycles. The Morgan fingerprint density at radius 1 is 1.33 bits per heavy atom. The third-order valence-corrected chi connectivity index (χ3v) is 3.90. The van der Waals surface area contributed by atoms with Crippen molar-refractivity contribution in [1.82, 2.24) is 5.43 Å². The van der Waals surface area contributed by atoms with Crippen LogP contribution in [-0.4, -0.2) is 30.9 Å². The van der Waals surface area contributed by atoms with Gasteiger partial charge in [0.2, 0.25) is 0 Å². The van der Waals surface area contributed by atoms with E-state index < -0.39 is 0 Å². The second-order valence-corrected chi connectivity index (χ2v) is 5.87. The quantitative estimate of drug-likeness (QED) is 0.411. The molecule has 2 aromatic rings. The van der Waals surface area contributed by atoms with Gasteiger partial charge in [-0.2, -0.15) is 5.10 Å². The third kappa shape index (κ3) is 4.60. The number of phenols is 1. The number of ether oxygens (including phenoxy) is 2. The van der Waals surface area contributed by atoms with Gasteiger partial charge < -0.3 is 14.6 Å². The normalized spacial score (nSPS) is 10.6. The van der Waals surface area contributed by atoms with Gasteiger partial charge in [0.25, 0.3) is 5.91 Å². The molecule has 0 saturated carbocycles. The Labute approximate surface area is 153 Å². The van der Waals surface area contributed by atoms with E-state index in [0.717, 1.165) is 0 Å². The standard InChI is InChI=1S/C17H17IN2O4/c1-3-24-15-9-11(8-14(18)16(15)21)10-19-20-17(22)12-4-6-13(23-2)7-5-12/h4-10,21H,3H2,1-2H3,(H,20,22)/b19-10-. The summed E-state index contributed by atoms with van der Waals surface area (Å²) in [6.45, 7) is 2.28. The maximum atomic E-state index is 12.0. The number of nitrogens with one attached hydrogen (secondary N) is 1. The SMILES string of the molecule is CCOc1cc(/C=N\NC(=O)c2ccc(OC)cc2)cc(I)c1O. The summed E-state index contributed by atoms with van der Waals surface area (Å²) in [6.07, 6.45) is 1.49. The van der Waals surface area contributed by atoms with E-state index in [0.29, 0.717) is 32.8 Å². The topological polar surface area (TPSA) is 80.2 Å². The van der Waals surface area contributed by atoms with Crippen LogP contribution in [-0.2, 0) is 0 Å². The molecule has 0 atom stereocenters. The monoisotopic (exact) mass is 440 g/mol. The van der Waals surface area contributed by atoms with Crippen LogP contribution in [0.2, 0.25) is 0 Å². The molecular weight excluding hydrogens is 423 g/mol. The van der Waals surface area contributed by atoms with Crippen LogP contribution in [0.4, 0.5) is 0 Å². The number of phenolic OH excluding ortho intramolecular Hbond substituents is 1. The molecule has 0 unspecified atom stereocenters. The fourth-order valence-electron chi connectivity index (χ4n) is 1.91. The lowest BCUT2D eigenvalue weighted by molar-refractivity contribution is 0.0955. The van der Waals surface area contributed by atoms with Crippen molar-refractivity contribution < 1.29 is 19.4 Å². The highest BCUT2D eigenvalue weighted by molar-refractivity contribution is 14.1. The minimum Gasteiger partial charge on any atom is -0.504 e. The zero-order valence-electron chi connectivity index (χ0n) is 13.2. The Morgan fingerprint density at radius 3 is 2.67 bits per heavy atom. The molecule has 2 N–H and O–H groups in total. The number of benzene rings is 2. The number of carbonyl (C=O) groups excluding carboxylic acids is 1. The fourth-order valence-corrected chi connectivity index (χ4v) is 2.53. The predicted molar refractivity (Wildman–Crippen MR) is 100 cm³/mol. The number of methoxy groups -OCH3 is 1. The first-order valence-corrected chi connectivity index (χ1v) is 8.25. The van der Waals surface area contributed by atoms with E-state index in [1.165, 1.54) is 6.21 Å². The fraction of sp³-hybridized carbons (Fsp3) is 0.176. The van der Waals surface area contributed by atoms with Crippen molar-refractivity contribution in [2.24, 2.45) is 5.10 Å². The highest BCUT2D eigenvalue weighted by Crippen LogP contribution is 2.32. The number of rotatable bonds is 6. The lowest BCUT2D eigenvalue weighted by atomic mass is 10.2. The first-order valence-electron chi connectivity index (χ1n) is 7.18. The molecule has 0 heterocycles. The van der Waals surface area contributed by atoms with Gasteiger partial charge in [0.15, 0.2) is 11.5 Å². The Kier molecular flexibility index (Phi) is 6.42. The summed E-state index contributed by atoms with van der Waals surface area (Å²) < 4.78 is 11.0. The van der Waals surface area contributed by atoms with Crippen molar-refractivity contribution in [1.29, 1.82) is 0 Å². The van der Waals surface area contributed by atoms with E-state index in [1.807, 2.05) is 29.5 Å². The molecule has 2 rings (SSSR count). The molecule has 0 aliphatic carbocycles. The van der Waals surface area contributed by atoms with Crippen molar-refractivity contribution in [2.45, 2.75) is 6.92 Å². The average molecular weight is 440 g/mol. The highest BCUT2D eigenvalue weighted by Gasteiger charge is 2.08. The van der Waals surface area contributed by atoms with E-state index in [9.17, 15) is 9.90 Å². The summed E-state index contributed by atoms with van der Waals surface area (Å²) in [5.74, 6) is 0.828. The number of hydrazone groups is 1. The summed E-state index contributed by atoms with van der Waals surface area (Å²) in [5.41, 5.74) is 3.63. The summed E-state index contributed by atoms with van der Waals surface area (Å²) >= 11 is 2.01. The predicted octanol–water partition coefficient (Wildman–Crippen LogP) is 3.17. The van der Waals surface area contributed by atoms with E-state index in [-0.39, 0.29) is 11.7 Å². The van der Waals surface area contributed by atoms with Crippen LogP contribution in [0, 0.1) is 3.57 Å². The van der Waals surface area contributed by atoms with E-state index in [4.69, 9.17) is 9.47 Å². The molecule has 2 aromatic carbocycles. The molecule has 0 radical (unpaired) electrons. The molecule has 24 heavy (non-hydrogen) atoms. The first kappa shape index (κ1) is 18.1. The van der Waals surface area contributed by atoms with Crippen LogP contribution in [0.15, 0.2) is 41.5 Å². The number of halogens is 1. The number of hydrogen-bond donors (Lipinski definition) is 2. The molecule has 6 nitrogen and oxygen atoms in total. The van der Waals surface area contributed by atoms with Crippen LogP contribution in [0.1, 0.15) is 22.8 Å². The number of nitrogens with zero attached hydrogens (tertiary/aromatic N) is 1. The summed E-state index contributed by atoms with van der Waals surface area (Å²) in [5, 5.41) is 13.8. The molecule has 0 spiro atoms. The third-order valence-electron chi connectivity index (χ3n) is 3.08. The van der Waals surface area contributed by atoms with Crippen molar-refractivity contribution in [2.75, 3.05) is 13.7 Å². The van der Waals surface area contributed by atoms with Gasteiger partial charge in [0.1, 0.15) is 5.75 Å². The van der Waals surface area contributed by atoms with E-state index in [2.05, 4.69) is 10.5 Å². The van der Waals surface area contributed by atoms with Crippen LogP contribution < -0.4 is 14.9 Å². The highest BCUT2D eigenvalue weighted by atomic mass is 127. The van der Waals surface area contributed by atoms with Gasteiger partial charge in [-0.1, -0.05) is 0 Å². The second-order valence-electron chi connectivity index (χ2n) is 4.71. The minimum absolute atomic E-state index is 0.0943. The summed E-state index contributed by atoms with van der Waals surface area (Å²) in [7, 11) is 1.56. The minimum atomic E-state index is -0.326.